The lowest BCUT2D eigenvalue weighted by Crippen LogP contribution is -2.25. The summed E-state index contributed by atoms with van der Waals surface area (Å²) in [4.78, 5) is 12.0. The highest BCUT2D eigenvalue weighted by atomic mass is 16.5. The molecule has 5 heteroatoms. The number of amides is 1. The summed E-state index contributed by atoms with van der Waals surface area (Å²) in [6, 6.07) is 9.85. The van der Waals surface area contributed by atoms with Gasteiger partial charge in [-0.25, -0.2) is 4.79 Å². The first kappa shape index (κ1) is 45.8. The predicted octanol–water partition coefficient (Wildman–Crippen LogP) is 14.4. The van der Waals surface area contributed by atoms with E-state index in [1.165, 1.54) is 180 Å². The van der Waals surface area contributed by atoms with E-state index in [2.05, 4.69) is 19.2 Å². The van der Waals surface area contributed by atoms with Gasteiger partial charge in [-0.1, -0.05) is 224 Å². The summed E-state index contributed by atoms with van der Waals surface area (Å²) < 4.78 is 10.2. The molecule has 0 radical (unpaired) electrons. The number of benzene rings is 1. The van der Waals surface area contributed by atoms with Crippen molar-refractivity contribution in [1.82, 2.24) is 5.32 Å². The molecule has 5 nitrogen and oxygen atoms in total. The summed E-state index contributed by atoms with van der Waals surface area (Å²) in [7, 11) is 0. The van der Waals surface area contributed by atoms with Crippen molar-refractivity contribution in [3.8, 4) is 6.26 Å². The Hall–Kier alpha value is -2.22. The van der Waals surface area contributed by atoms with Crippen molar-refractivity contribution in [2.45, 2.75) is 213 Å². The molecule has 1 amide bonds. The molecule has 0 heterocycles. The molecule has 0 aromatic heterocycles. The van der Waals surface area contributed by atoms with E-state index < -0.39 is 0 Å². The van der Waals surface area contributed by atoms with Crippen LogP contribution in [0.4, 0.5) is 4.79 Å². The minimum Gasteiger partial charge on any atom is -0.445 e. The zero-order valence-electron chi connectivity index (χ0n) is 33.0. The fraction of sp³-hybridized carbons (Fsp3) is 0.822. The number of hydrogen-bond acceptors (Lipinski definition) is 4. The maximum atomic E-state index is 12.0. The third-order valence-electron chi connectivity index (χ3n) is 10.6. The van der Waals surface area contributed by atoms with E-state index in [9.17, 15) is 4.79 Å². The van der Waals surface area contributed by atoms with Crippen LogP contribution in [0.2, 0.25) is 0 Å². The molecule has 0 bridgehead atoms. The molecular weight excluding hydrogens is 617 g/mol. The van der Waals surface area contributed by atoms with Gasteiger partial charge in [-0.15, -0.1) is 0 Å². The van der Waals surface area contributed by atoms with Crippen LogP contribution in [0.15, 0.2) is 30.3 Å². The van der Waals surface area contributed by atoms with Crippen LogP contribution in [0.25, 0.3) is 0 Å². The van der Waals surface area contributed by atoms with Gasteiger partial charge in [-0.3, -0.25) is 0 Å². The summed E-state index contributed by atoms with van der Waals surface area (Å²) in [5.41, 5.74) is 1.02. The number of ether oxygens (including phenoxy) is 2. The molecule has 0 aliphatic carbocycles. The van der Waals surface area contributed by atoms with Crippen molar-refractivity contribution in [3.63, 3.8) is 0 Å². The molecule has 1 rings (SSSR count). The average Bonchev–Trinajstić information content (AvgIpc) is 3.13. The Labute approximate surface area is 310 Å². The molecule has 0 saturated heterocycles. The number of nitriles is 1. The summed E-state index contributed by atoms with van der Waals surface area (Å²) in [6.07, 6.45) is 41.9. The van der Waals surface area contributed by atoms with E-state index in [-0.39, 0.29) is 6.09 Å². The molecule has 288 valence electrons. The number of unbranched alkanes of at least 4 members (excludes halogenated alkanes) is 22. The van der Waals surface area contributed by atoms with Gasteiger partial charge in [0.1, 0.15) is 13.2 Å². The van der Waals surface area contributed by atoms with E-state index in [0.29, 0.717) is 19.8 Å². The van der Waals surface area contributed by atoms with E-state index >= 15 is 0 Å². The second-order valence-corrected chi connectivity index (χ2v) is 15.1. The summed E-state index contributed by atoms with van der Waals surface area (Å²) in [5, 5.41) is 11.5. The van der Waals surface area contributed by atoms with Crippen LogP contribution in [0.5, 0.6) is 0 Å². The topological polar surface area (TPSA) is 71.3 Å². The predicted molar refractivity (Wildman–Crippen MR) is 213 cm³/mol. The minimum atomic E-state index is -0.311. The standard InChI is InChI=1S/C45H80N2O3/c1-3-5-7-9-11-17-26-34-43(36-28-19-13-15-21-30-38-47-45(48)50-40-42-32-24-23-25-33-42)44(35-27-18-12-10-8-6-4-2)37-29-20-14-16-22-31-39-49-41-46/h23-25,32-33,43-44H,3-22,26-31,34-40H2,1-2H3,(H,47,48). The molecule has 1 aromatic rings. The maximum Gasteiger partial charge on any atom is 0.407 e. The minimum absolute atomic E-state index is 0.311. The van der Waals surface area contributed by atoms with Gasteiger partial charge >= 0.3 is 6.09 Å². The lowest BCUT2D eigenvalue weighted by molar-refractivity contribution is 0.139. The van der Waals surface area contributed by atoms with Crippen molar-refractivity contribution in [1.29, 1.82) is 5.26 Å². The number of nitrogens with zero attached hydrogens (tertiary/aromatic N) is 1. The van der Waals surface area contributed by atoms with Gasteiger partial charge in [-0.05, 0) is 30.2 Å². The SMILES string of the molecule is CCCCCCCCCC(CCCCCCCCNC(=O)OCc1ccccc1)C(CCCCCCCCC)CCCCCCCCOC#N. The molecule has 0 fully saturated rings. The number of carbonyl (C=O) groups excluding carboxylic acids is 1. The quantitative estimate of drug-likeness (QED) is 0.0555. The smallest absolute Gasteiger partial charge is 0.407 e. The monoisotopic (exact) mass is 697 g/mol. The highest BCUT2D eigenvalue weighted by Crippen LogP contribution is 2.34. The Morgan fingerprint density at radius 3 is 1.42 bits per heavy atom. The fourth-order valence-corrected chi connectivity index (χ4v) is 7.50. The van der Waals surface area contributed by atoms with Crippen molar-refractivity contribution in [2.24, 2.45) is 11.8 Å². The largest absolute Gasteiger partial charge is 0.445 e. The van der Waals surface area contributed by atoms with E-state index in [4.69, 9.17) is 14.7 Å². The number of nitrogens with one attached hydrogen (secondary N) is 1. The summed E-state index contributed by atoms with van der Waals surface area (Å²) in [5.74, 6) is 1.81. The van der Waals surface area contributed by atoms with Crippen molar-refractivity contribution < 1.29 is 14.3 Å². The molecule has 1 aromatic carbocycles. The van der Waals surface area contributed by atoms with Crippen LogP contribution in [-0.2, 0) is 16.1 Å². The summed E-state index contributed by atoms with van der Waals surface area (Å²) in [6.45, 7) is 6.23. The zero-order valence-corrected chi connectivity index (χ0v) is 33.0. The maximum absolute atomic E-state index is 12.0. The van der Waals surface area contributed by atoms with Gasteiger partial charge in [0, 0.05) is 6.54 Å². The second kappa shape index (κ2) is 36.6. The number of rotatable bonds is 37. The highest BCUT2D eigenvalue weighted by Gasteiger charge is 2.20. The molecule has 0 aliphatic rings. The average molecular weight is 697 g/mol. The first-order chi connectivity index (χ1) is 24.7. The van der Waals surface area contributed by atoms with E-state index in [1.807, 2.05) is 30.3 Å². The Bertz CT molecular complexity index is 886. The van der Waals surface area contributed by atoms with Gasteiger partial charge in [-0.2, -0.15) is 5.26 Å². The summed E-state index contributed by atoms with van der Waals surface area (Å²) >= 11 is 0. The molecule has 1 N–H and O–H groups in total. The van der Waals surface area contributed by atoms with Crippen LogP contribution in [0.3, 0.4) is 0 Å². The van der Waals surface area contributed by atoms with Gasteiger partial charge in [0.05, 0.1) is 0 Å². The van der Waals surface area contributed by atoms with Crippen LogP contribution in [0, 0.1) is 23.4 Å². The second-order valence-electron chi connectivity index (χ2n) is 15.1. The Balaban J connectivity index is 2.47. The first-order valence-electron chi connectivity index (χ1n) is 21.7. The molecule has 0 saturated carbocycles. The number of hydrogen-bond donors (Lipinski definition) is 1. The Morgan fingerprint density at radius 2 is 0.980 bits per heavy atom. The highest BCUT2D eigenvalue weighted by molar-refractivity contribution is 5.67. The Kier molecular flexibility index (Phi) is 33.5. The third-order valence-corrected chi connectivity index (χ3v) is 10.6. The molecular formula is C45H80N2O3. The lowest BCUT2D eigenvalue weighted by Gasteiger charge is -2.28. The number of carbonyl (C=O) groups is 1. The molecule has 2 unspecified atom stereocenters. The van der Waals surface area contributed by atoms with Gasteiger partial charge in [0.15, 0.2) is 0 Å². The molecule has 50 heavy (non-hydrogen) atoms. The van der Waals surface area contributed by atoms with Crippen molar-refractivity contribution in [3.05, 3.63) is 35.9 Å². The van der Waals surface area contributed by atoms with Crippen molar-refractivity contribution in [2.75, 3.05) is 13.2 Å². The molecule has 0 spiro atoms. The van der Waals surface area contributed by atoms with E-state index in [1.54, 1.807) is 6.26 Å². The van der Waals surface area contributed by atoms with Gasteiger partial charge in [0.25, 0.3) is 6.26 Å². The normalized spacial score (nSPS) is 12.3. The van der Waals surface area contributed by atoms with Crippen LogP contribution in [-0.4, -0.2) is 19.2 Å². The van der Waals surface area contributed by atoms with Crippen LogP contribution in [0.1, 0.15) is 212 Å². The third kappa shape index (κ3) is 29.5. The lowest BCUT2D eigenvalue weighted by atomic mass is 9.78. The molecule has 2 atom stereocenters. The van der Waals surface area contributed by atoms with E-state index in [0.717, 1.165) is 30.2 Å². The Morgan fingerprint density at radius 1 is 0.580 bits per heavy atom. The van der Waals surface area contributed by atoms with Crippen LogP contribution < -0.4 is 5.32 Å². The first-order valence-corrected chi connectivity index (χ1v) is 21.7. The zero-order chi connectivity index (χ0) is 36.0. The van der Waals surface area contributed by atoms with Crippen molar-refractivity contribution >= 4 is 6.09 Å². The number of alkyl carbamates (subject to hydrolysis) is 1. The molecule has 0 aliphatic heterocycles. The van der Waals surface area contributed by atoms with Gasteiger partial charge < -0.3 is 14.8 Å². The van der Waals surface area contributed by atoms with Crippen LogP contribution >= 0.6 is 0 Å². The van der Waals surface area contributed by atoms with Gasteiger partial charge in [0.2, 0.25) is 0 Å². The fourth-order valence-electron chi connectivity index (χ4n) is 7.50.